The van der Waals surface area contributed by atoms with Gasteiger partial charge in [0.1, 0.15) is 23.1 Å². The summed E-state index contributed by atoms with van der Waals surface area (Å²) in [6.45, 7) is 9.52. The maximum atomic E-state index is 16.1. The second-order valence-corrected chi connectivity index (χ2v) is 11.1. The van der Waals surface area contributed by atoms with E-state index in [-0.39, 0.29) is 71.4 Å². The zero-order chi connectivity index (χ0) is 32.6. The fraction of sp³-hybridized carbons (Fsp3) is 0.273. The summed E-state index contributed by atoms with van der Waals surface area (Å²) in [7, 11) is 0. The molecule has 45 heavy (non-hydrogen) atoms. The molecule has 1 atom stereocenters. The molecular weight excluding hydrogens is 578 g/mol. The van der Waals surface area contributed by atoms with Crippen LogP contribution in [0.3, 0.4) is 0 Å². The molecule has 12 heteroatoms. The van der Waals surface area contributed by atoms with E-state index >= 15 is 8.78 Å². The van der Waals surface area contributed by atoms with E-state index in [4.69, 9.17) is 5.73 Å². The van der Waals surface area contributed by atoms with E-state index in [1.165, 1.54) is 21.6 Å². The van der Waals surface area contributed by atoms with Crippen LogP contribution in [0.15, 0.2) is 54.0 Å². The van der Waals surface area contributed by atoms with Gasteiger partial charge in [0.2, 0.25) is 5.91 Å². The maximum absolute atomic E-state index is 16.1. The first-order chi connectivity index (χ1) is 21.5. The van der Waals surface area contributed by atoms with Crippen molar-refractivity contribution in [2.75, 3.05) is 30.3 Å². The lowest BCUT2D eigenvalue weighted by Crippen LogP contribution is -2.55. The van der Waals surface area contributed by atoms with Gasteiger partial charge in [0.15, 0.2) is 11.5 Å². The number of benzene rings is 1. The van der Waals surface area contributed by atoms with Gasteiger partial charge in [-0.15, -0.1) is 0 Å². The van der Waals surface area contributed by atoms with Gasteiger partial charge in [-0.1, -0.05) is 26.5 Å². The van der Waals surface area contributed by atoms with Crippen LogP contribution in [0.1, 0.15) is 43.0 Å². The monoisotopic (exact) mass is 608 g/mol. The Bertz CT molecular complexity index is 1990. The summed E-state index contributed by atoms with van der Waals surface area (Å²) in [4.78, 5) is 39.2. The highest BCUT2D eigenvalue weighted by Gasteiger charge is 2.34. The molecule has 1 aromatic carbocycles. The molecule has 1 aliphatic rings. The van der Waals surface area contributed by atoms with E-state index in [0.717, 1.165) is 18.2 Å². The normalized spacial score (nSPS) is 14.8. The third kappa shape index (κ3) is 5.25. The number of aryl methyl sites for hydroxylation is 1. The number of pyridine rings is 3. The number of fused-ring (bicyclic) bond motifs is 1. The molecule has 0 spiro atoms. The van der Waals surface area contributed by atoms with Crippen molar-refractivity contribution < 1.29 is 13.6 Å². The fourth-order valence-corrected chi connectivity index (χ4v) is 5.90. The number of hydrogen-bond donors (Lipinski definition) is 1. The molecule has 5 rings (SSSR count). The fourth-order valence-electron chi connectivity index (χ4n) is 5.90. The van der Waals surface area contributed by atoms with Crippen LogP contribution in [-0.4, -0.2) is 51.0 Å². The Balaban J connectivity index is 1.90. The molecule has 0 bridgehead atoms. The summed E-state index contributed by atoms with van der Waals surface area (Å²) in [5.41, 5.74) is 5.99. The van der Waals surface area contributed by atoms with E-state index in [0.29, 0.717) is 16.9 Å². The average Bonchev–Trinajstić information content (AvgIpc) is 3.01. The summed E-state index contributed by atoms with van der Waals surface area (Å²) in [6, 6.07) is 10.3. The number of nitrogens with two attached hydrogens (primary N) is 1. The highest BCUT2D eigenvalue weighted by molar-refractivity contribution is 5.96. The summed E-state index contributed by atoms with van der Waals surface area (Å²) in [6.07, 6.45) is 2.75. The molecule has 1 fully saturated rings. The second kappa shape index (κ2) is 12.2. The van der Waals surface area contributed by atoms with Crippen LogP contribution in [-0.2, 0) is 4.79 Å². The summed E-state index contributed by atoms with van der Waals surface area (Å²) in [5.74, 6) is -2.23. The van der Waals surface area contributed by atoms with Crippen molar-refractivity contribution in [2.45, 2.75) is 39.2 Å². The van der Waals surface area contributed by atoms with Crippen LogP contribution in [0.4, 0.5) is 20.2 Å². The first-order valence-electron chi connectivity index (χ1n) is 14.3. The molecule has 0 radical (unpaired) electrons. The molecule has 1 aliphatic heterocycles. The van der Waals surface area contributed by atoms with Crippen molar-refractivity contribution in [3.8, 4) is 29.1 Å². The predicted octanol–water partition coefficient (Wildman–Crippen LogP) is 4.73. The minimum atomic E-state index is -0.921. The number of carbonyl (C=O) groups is 1. The SMILES string of the molecule is C=CC(=O)N1CCN(c2c(C#N)c(=O)n(-c3c(C)ccnc3C(C)C)c3nc(-c4c(N)cccc4F)c(F)cc23)CC1CC#N. The van der Waals surface area contributed by atoms with Gasteiger partial charge in [0.05, 0.1) is 41.2 Å². The first kappa shape index (κ1) is 30.8. The van der Waals surface area contributed by atoms with Gasteiger partial charge in [-0.3, -0.25) is 19.1 Å². The van der Waals surface area contributed by atoms with Crippen molar-refractivity contribution in [3.05, 3.63) is 88.0 Å². The zero-order valence-corrected chi connectivity index (χ0v) is 25.0. The molecule has 4 heterocycles. The maximum Gasteiger partial charge on any atom is 0.276 e. The van der Waals surface area contributed by atoms with Crippen molar-refractivity contribution in [3.63, 3.8) is 0 Å². The Morgan fingerprint density at radius 1 is 1.20 bits per heavy atom. The van der Waals surface area contributed by atoms with Crippen LogP contribution in [0, 0.1) is 41.2 Å². The molecular formula is C33H30F2N8O2. The molecule has 2 N–H and O–H groups in total. The molecule has 1 saturated heterocycles. The number of amides is 1. The van der Waals surface area contributed by atoms with Crippen molar-refractivity contribution >= 4 is 28.3 Å². The number of anilines is 2. The van der Waals surface area contributed by atoms with E-state index in [9.17, 15) is 20.1 Å². The molecule has 1 unspecified atom stereocenters. The van der Waals surface area contributed by atoms with Gasteiger partial charge in [-0.2, -0.15) is 10.5 Å². The summed E-state index contributed by atoms with van der Waals surface area (Å²) >= 11 is 0. The quantitative estimate of drug-likeness (QED) is 0.244. The van der Waals surface area contributed by atoms with Crippen molar-refractivity contribution in [2.24, 2.45) is 0 Å². The van der Waals surface area contributed by atoms with Crippen LogP contribution in [0.25, 0.3) is 28.0 Å². The third-order valence-electron chi connectivity index (χ3n) is 7.98. The number of carbonyl (C=O) groups excluding carboxylic acids is 1. The number of nitrogen functional groups attached to an aromatic ring is 1. The van der Waals surface area contributed by atoms with E-state index < -0.39 is 28.9 Å². The zero-order valence-electron chi connectivity index (χ0n) is 25.0. The van der Waals surface area contributed by atoms with Gasteiger partial charge >= 0.3 is 0 Å². The average molecular weight is 609 g/mol. The largest absolute Gasteiger partial charge is 0.398 e. The van der Waals surface area contributed by atoms with E-state index in [1.54, 1.807) is 24.1 Å². The van der Waals surface area contributed by atoms with Gasteiger partial charge < -0.3 is 15.5 Å². The smallest absolute Gasteiger partial charge is 0.276 e. The Morgan fingerprint density at radius 3 is 2.60 bits per heavy atom. The van der Waals surface area contributed by atoms with Crippen molar-refractivity contribution in [1.29, 1.82) is 10.5 Å². The number of rotatable bonds is 6. The lowest BCUT2D eigenvalue weighted by molar-refractivity contribution is -0.128. The molecule has 3 aromatic heterocycles. The number of hydrogen-bond acceptors (Lipinski definition) is 8. The number of nitriles is 2. The molecule has 0 aliphatic carbocycles. The Hall–Kier alpha value is -5.62. The van der Waals surface area contributed by atoms with E-state index in [2.05, 4.69) is 22.6 Å². The third-order valence-corrected chi connectivity index (χ3v) is 7.98. The van der Waals surface area contributed by atoms with Gasteiger partial charge in [0.25, 0.3) is 5.56 Å². The predicted molar refractivity (Wildman–Crippen MR) is 167 cm³/mol. The number of piperazine rings is 1. The number of nitrogens with zero attached hydrogens (tertiary/aromatic N) is 7. The van der Waals surface area contributed by atoms with Crippen LogP contribution < -0.4 is 16.2 Å². The van der Waals surface area contributed by atoms with Gasteiger partial charge in [0, 0.05) is 36.9 Å². The van der Waals surface area contributed by atoms with Gasteiger partial charge in [-0.25, -0.2) is 13.8 Å². The molecule has 0 saturated carbocycles. The van der Waals surface area contributed by atoms with Crippen LogP contribution in [0.5, 0.6) is 0 Å². The minimum Gasteiger partial charge on any atom is -0.398 e. The molecule has 10 nitrogen and oxygen atoms in total. The van der Waals surface area contributed by atoms with Crippen LogP contribution in [0.2, 0.25) is 0 Å². The first-order valence-corrected chi connectivity index (χ1v) is 14.3. The number of aromatic nitrogens is 3. The minimum absolute atomic E-state index is 0.0249. The highest BCUT2D eigenvalue weighted by Crippen LogP contribution is 2.37. The van der Waals surface area contributed by atoms with E-state index in [1.807, 2.05) is 19.9 Å². The lowest BCUT2D eigenvalue weighted by atomic mass is 10.0. The molecule has 4 aromatic rings. The summed E-state index contributed by atoms with van der Waals surface area (Å²) in [5, 5.41) is 20.0. The van der Waals surface area contributed by atoms with Crippen LogP contribution >= 0.6 is 0 Å². The Kier molecular flexibility index (Phi) is 8.34. The second-order valence-electron chi connectivity index (χ2n) is 11.1. The van der Waals surface area contributed by atoms with Crippen molar-refractivity contribution in [1.82, 2.24) is 19.4 Å². The molecule has 1 amide bonds. The topological polar surface area (TPSA) is 145 Å². The van der Waals surface area contributed by atoms with Gasteiger partial charge in [-0.05, 0) is 48.7 Å². The Labute approximate surface area is 258 Å². The standard InChI is InChI=1S/C33H30F2N8O2/c1-5-26(44)42-14-13-41(17-20(42)9-11-36)31-21-15-24(35)29(27-23(34)7-6-8-25(27)38)40-32(21)43(33(45)22(31)16-37)30-19(4)10-12-39-28(30)18(2)3/h5-8,10,12,15,18,20H,1,9,13-14,17,38H2,2-4H3. The summed E-state index contributed by atoms with van der Waals surface area (Å²) < 4.78 is 32.4. The Morgan fingerprint density at radius 2 is 1.96 bits per heavy atom. The lowest BCUT2D eigenvalue weighted by Gasteiger charge is -2.41. The number of halogens is 2. The molecule has 228 valence electrons. The highest BCUT2D eigenvalue weighted by atomic mass is 19.1.